The first kappa shape index (κ1) is 19.6. The number of fused-ring (bicyclic) bond motifs is 8. The van der Waals surface area contributed by atoms with E-state index in [1.807, 2.05) is 17.0 Å². The van der Waals surface area contributed by atoms with Gasteiger partial charge >= 0.3 is 5.97 Å². The van der Waals surface area contributed by atoms with Crippen LogP contribution in [0.25, 0.3) is 22.0 Å². The lowest BCUT2D eigenvalue weighted by atomic mass is 9.76. The summed E-state index contributed by atoms with van der Waals surface area (Å²) in [5.41, 5.74) is 8.66. The average Bonchev–Trinajstić information content (AvgIpc) is 3.54. The zero-order valence-electron chi connectivity index (χ0n) is 18.9. The van der Waals surface area contributed by atoms with Crippen LogP contribution in [0.15, 0.2) is 66.7 Å². The van der Waals surface area contributed by atoms with Crippen molar-refractivity contribution < 1.29 is 14.3 Å². The number of carbonyl (C=O) groups is 2. The molecule has 5 nitrogen and oxygen atoms in total. The summed E-state index contributed by atoms with van der Waals surface area (Å²) in [4.78, 5) is 31.8. The fraction of sp³-hybridized carbons (Fsp3) is 0.241. The Bertz CT molecular complexity index is 1520. The molecule has 1 saturated heterocycles. The summed E-state index contributed by atoms with van der Waals surface area (Å²) < 4.78 is 5.20. The number of aromatic amines is 1. The Kier molecular flexibility index (Phi) is 3.93. The van der Waals surface area contributed by atoms with Crippen LogP contribution < -0.4 is 0 Å². The number of para-hydroxylation sites is 1. The Hall–Kier alpha value is -3.86. The Balaban J connectivity index is 1.49. The Morgan fingerprint density at radius 2 is 1.82 bits per heavy atom. The smallest absolute Gasteiger partial charge is 0.328 e. The molecule has 1 N–H and O–H groups in total. The number of hydrogen-bond acceptors (Lipinski definition) is 3. The van der Waals surface area contributed by atoms with Crippen molar-refractivity contribution in [2.45, 2.75) is 37.3 Å². The first-order chi connectivity index (χ1) is 16.6. The summed E-state index contributed by atoms with van der Waals surface area (Å²) in [6.07, 6.45) is 2.36. The molecular weight excluding hydrogens is 424 g/mol. The number of ether oxygens (including phenoxy) is 1. The van der Waals surface area contributed by atoms with Crippen LogP contribution in [0.2, 0.25) is 0 Å². The van der Waals surface area contributed by atoms with Gasteiger partial charge in [0, 0.05) is 23.7 Å². The van der Waals surface area contributed by atoms with Gasteiger partial charge in [-0.25, -0.2) is 4.79 Å². The SMILES string of the molecule is COC(=O)[C@@H]1Cc2c([nH]c3ccccc23)[C@]2(c3ccc4c(c3)Cc3ccccc3-4)CCC(=O)N12. The topological polar surface area (TPSA) is 62.4 Å². The van der Waals surface area contributed by atoms with Crippen LogP contribution in [0.5, 0.6) is 0 Å². The molecule has 4 aromatic rings. The van der Waals surface area contributed by atoms with Crippen LogP contribution in [0.3, 0.4) is 0 Å². The molecule has 1 amide bonds. The molecule has 0 radical (unpaired) electrons. The van der Waals surface area contributed by atoms with Gasteiger partial charge < -0.3 is 14.6 Å². The fourth-order valence-corrected chi connectivity index (χ4v) is 6.63. The number of methoxy groups -OCH3 is 1. The van der Waals surface area contributed by atoms with Crippen molar-refractivity contribution in [3.05, 3.63) is 94.7 Å². The van der Waals surface area contributed by atoms with Gasteiger partial charge in [0.05, 0.1) is 12.8 Å². The molecule has 3 aromatic carbocycles. The average molecular weight is 449 g/mol. The second kappa shape index (κ2) is 6.83. The van der Waals surface area contributed by atoms with Gasteiger partial charge in [-0.05, 0) is 52.3 Å². The Morgan fingerprint density at radius 1 is 1.03 bits per heavy atom. The van der Waals surface area contributed by atoms with E-state index in [1.54, 1.807) is 0 Å². The summed E-state index contributed by atoms with van der Waals surface area (Å²) in [7, 11) is 1.40. The summed E-state index contributed by atoms with van der Waals surface area (Å²) in [5, 5.41) is 1.11. The van der Waals surface area contributed by atoms with Crippen LogP contribution >= 0.6 is 0 Å². The maximum absolute atomic E-state index is 13.4. The van der Waals surface area contributed by atoms with Gasteiger partial charge in [-0.2, -0.15) is 0 Å². The van der Waals surface area contributed by atoms with Gasteiger partial charge in [0.15, 0.2) is 0 Å². The molecule has 34 heavy (non-hydrogen) atoms. The number of hydrogen-bond donors (Lipinski definition) is 1. The third-order valence-corrected chi connectivity index (χ3v) is 8.06. The number of nitrogens with one attached hydrogen (secondary N) is 1. The van der Waals surface area contributed by atoms with Crippen molar-refractivity contribution in [2.75, 3.05) is 7.11 Å². The monoisotopic (exact) mass is 448 g/mol. The minimum Gasteiger partial charge on any atom is -0.467 e. The minimum atomic E-state index is -0.716. The zero-order valence-corrected chi connectivity index (χ0v) is 18.9. The molecule has 1 aromatic heterocycles. The molecule has 1 aliphatic carbocycles. The normalized spacial score (nSPS) is 22.3. The minimum absolute atomic E-state index is 0.00323. The van der Waals surface area contributed by atoms with Crippen LogP contribution in [-0.2, 0) is 32.7 Å². The van der Waals surface area contributed by atoms with Gasteiger partial charge in [0.25, 0.3) is 0 Å². The molecule has 0 unspecified atom stereocenters. The number of aromatic nitrogens is 1. The van der Waals surface area contributed by atoms with Gasteiger partial charge in [-0.1, -0.05) is 60.7 Å². The summed E-state index contributed by atoms with van der Waals surface area (Å²) in [5.74, 6) is -0.354. The van der Waals surface area contributed by atoms with Crippen LogP contribution in [0.4, 0.5) is 0 Å². The van der Waals surface area contributed by atoms with E-state index in [0.717, 1.165) is 34.1 Å². The van der Waals surface area contributed by atoms with Crippen molar-refractivity contribution in [3.63, 3.8) is 0 Å². The highest BCUT2D eigenvalue weighted by Crippen LogP contribution is 2.53. The van der Waals surface area contributed by atoms with Crippen molar-refractivity contribution in [2.24, 2.45) is 0 Å². The van der Waals surface area contributed by atoms with Crippen LogP contribution in [0, 0.1) is 0 Å². The number of benzene rings is 3. The summed E-state index contributed by atoms with van der Waals surface area (Å²) in [6, 6.07) is 22.7. The maximum atomic E-state index is 13.4. The molecule has 0 bridgehead atoms. The molecule has 3 heterocycles. The first-order valence-electron chi connectivity index (χ1n) is 11.8. The highest BCUT2D eigenvalue weighted by atomic mass is 16.5. The predicted molar refractivity (Wildman–Crippen MR) is 129 cm³/mol. The number of rotatable bonds is 2. The first-order valence-corrected chi connectivity index (χ1v) is 11.8. The second-order valence-corrected chi connectivity index (χ2v) is 9.60. The number of nitrogens with zero attached hydrogens (tertiary/aromatic N) is 1. The van der Waals surface area contributed by atoms with Gasteiger partial charge in [-0.3, -0.25) is 4.79 Å². The van der Waals surface area contributed by atoms with Crippen molar-refractivity contribution in [1.82, 2.24) is 9.88 Å². The molecule has 0 spiro atoms. The largest absolute Gasteiger partial charge is 0.467 e. The molecular formula is C29H24N2O3. The number of esters is 1. The highest BCUT2D eigenvalue weighted by molar-refractivity contribution is 5.93. The molecule has 168 valence electrons. The van der Waals surface area contributed by atoms with E-state index in [-0.39, 0.29) is 11.9 Å². The van der Waals surface area contributed by atoms with E-state index in [0.29, 0.717) is 19.3 Å². The second-order valence-electron chi connectivity index (χ2n) is 9.60. The number of carbonyl (C=O) groups excluding carboxylic acids is 2. The third-order valence-electron chi connectivity index (χ3n) is 8.06. The number of amides is 1. The van der Waals surface area contributed by atoms with E-state index >= 15 is 0 Å². The Labute approximate surface area is 197 Å². The summed E-state index contributed by atoms with van der Waals surface area (Å²) in [6.45, 7) is 0. The zero-order chi connectivity index (χ0) is 23.0. The fourth-order valence-electron chi connectivity index (χ4n) is 6.63. The third kappa shape index (κ3) is 2.39. The standard InChI is InChI=1S/C29H24N2O3/c1-34-28(33)25-16-23-22-8-4-5-9-24(22)30-27(23)29(13-12-26(32)31(25)29)19-10-11-21-18(15-19)14-17-6-2-3-7-20(17)21/h2-11,15,25,30H,12-14,16H2,1H3/t25-,29+/m0/s1. The van der Waals surface area contributed by atoms with Gasteiger partial charge in [0.1, 0.15) is 11.6 Å². The molecule has 0 saturated carbocycles. The van der Waals surface area contributed by atoms with Crippen molar-refractivity contribution in [3.8, 4) is 11.1 Å². The van der Waals surface area contributed by atoms with E-state index < -0.39 is 11.6 Å². The summed E-state index contributed by atoms with van der Waals surface area (Å²) >= 11 is 0. The van der Waals surface area contributed by atoms with Crippen LogP contribution in [-0.4, -0.2) is 34.9 Å². The predicted octanol–water partition coefficient (Wildman–Crippen LogP) is 4.70. The Morgan fingerprint density at radius 3 is 2.71 bits per heavy atom. The maximum Gasteiger partial charge on any atom is 0.328 e. The highest BCUT2D eigenvalue weighted by Gasteiger charge is 2.57. The molecule has 2 aliphatic heterocycles. The van der Waals surface area contributed by atoms with E-state index in [1.165, 1.54) is 29.4 Å². The van der Waals surface area contributed by atoms with Gasteiger partial charge in [-0.15, -0.1) is 0 Å². The van der Waals surface area contributed by atoms with E-state index in [9.17, 15) is 9.59 Å². The van der Waals surface area contributed by atoms with E-state index in [2.05, 4.69) is 59.6 Å². The molecule has 7 rings (SSSR count). The van der Waals surface area contributed by atoms with E-state index in [4.69, 9.17) is 4.74 Å². The molecule has 5 heteroatoms. The quantitative estimate of drug-likeness (QED) is 0.398. The lowest BCUT2D eigenvalue weighted by molar-refractivity contribution is -0.155. The lowest BCUT2D eigenvalue weighted by Gasteiger charge is -2.46. The van der Waals surface area contributed by atoms with Crippen molar-refractivity contribution in [1.29, 1.82) is 0 Å². The molecule has 1 fully saturated rings. The van der Waals surface area contributed by atoms with Crippen LogP contribution in [0.1, 0.15) is 40.8 Å². The van der Waals surface area contributed by atoms with Gasteiger partial charge in [0.2, 0.25) is 5.91 Å². The lowest BCUT2D eigenvalue weighted by Crippen LogP contribution is -2.57. The molecule has 3 aliphatic rings. The van der Waals surface area contributed by atoms with Crippen molar-refractivity contribution >= 4 is 22.8 Å². The molecule has 2 atom stereocenters. The number of H-pyrrole nitrogens is 1.